The third kappa shape index (κ3) is 3.05. The van der Waals surface area contributed by atoms with Crippen LogP contribution in [0.15, 0.2) is 48.9 Å². The molecule has 1 atom stereocenters. The number of aromatic nitrogens is 2. The number of pyridine rings is 1. The van der Waals surface area contributed by atoms with Gasteiger partial charge in [0, 0.05) is 23.5 Å². The molecule has 1 amide bonds. The van der Waals surface area contributed by atoms with E-state index in [0.717, 1.165) is 26.7 Å². The zero-order valence-electron chi connectivity index (χ0n) is 13.4. The molecule has 4 nitrogen and oxygen atoms in total. The maximum absolute atomic E-state index is 12.8. The number of hydrogen-bond donors (Lipinski definition) is 1. The summed E-state index contributed by atoms with van der Waals surface area (Å²) in [6.07, 6.45) is 5.66. The van der Waals surface area contributed by atoms with Crippen LogP contribution in [0.4, 0.5) is 0 Å². The van der Waals surface area contributed by atoms with Gasteiger partial charge in [-0.1, -0.05) is 6.07 Å². The molecule has 0 saturated carbocycles. The van der Waals surface area contributed by atoms with Crippen LogP contribution in [0, 0.1) is 13.8 Å². The van der Waals surface area contributed by atoms with Crippen LogP contribution in [0.3, 0.4) is 0 Å². The lowest BCUT2D eigenvalue weighted by Gasteiger charge is -2.14. The van der Waals surface area contributed by atoms with Gasteiger partial charge in [0.2, 0.25) is 0 Å². The average molecular weight is 325 g/mol. The molecule has 0 aliphatic heterocycles. The highest BCUT2D eigenvalue weighted by molar-refractivity contribution is 7.15. The molecule has 0 aliphatic rings. The summed E-state index contributed by atoms with van der Waals surface area (Å²) in [4.78, 5) is 18.3. The first-order chi connectivity index (χ1) is 11.1. The smallest absolute Gasteiger partial charge is 0.255 e. The van der Waals surface area contributed by atoms with Gasteiger partial charge in [-0.3, -0.25) is 9.78 Å². The van der Waals surface area contributed by atoms with Crippen LogP contribution in [-0.2, 0) is 0 Å². The third-order valence-corrected chi connectivity index (χ3v) is 5.13. The Balaban J connectivity index is 1.91. The van der Waals surface area contributed by atoms with E-state index in [1.807, 2.05) is 68.1 Å². The molecular weight excluding hydrogens is 306 g/mol. The molecule has 0 aromatic carbocycles. The average Bonchev–Trinajstić information content (AvgIpc) is 3.17. The summed E-state index contributed by atoms with van der Waals surface area (Å²) in [6.45, 7) is 6.00. The Morgan fingerprint density at radius 1 is 1.22 bits per heavy atom. The lowest BCUT2D eigenvalue weighted by molar-refractivity contribution is 0.0939. The van der Waals surface area contributed by atoms with Gasteiger partial charge >= 0.3 is 0 Å². The minimum Gasteiger partial charge on any atom is -0.344 e. The van der Waals surface area contributed by atoms with Gasteiger partial charge in [-0.2, -0.15) is 0 Å². The summed E-state index contributed by atoms with van der Waals surface area (Å²) in [5.41, 5.74) is 2.63. The Hall–Kier alpha value is -2.40. The van der Waals surface area contributed by atoms with Gasteiger partial charge in [0.05, 0.1) is 17.3 Å². The first-order valence-corrected chi connectivity index (χ1v) is 8.34. The minimum atomic E-state index is -0.138. The molecule has 3 aromatic rings. The molecule has 0 spiro atoms. The van der Waals surface area contributed by atoms with Gasteiger partial charge in [0.1, 0.15) is 5.00 Å². The molecule has 3 aromatic heterocycles. The molecule has 0 fully saturated rings. The van der Waals surface area contributed by atoms with Crippen molar-refractivity contribution in [3.8, 4) is 5.00 Å². The topological polar surface area (TPSA) is 46.9 Å². The van der Waals surface area contributed by atoms with Crippen molar-refractivity contribution in [1.29, 1.82) is 0 Å². The second-order valence-electron chi connectivity index (χ2n) is 5.50. The summed E-state index contributed by atoms with van der Waals surface area (Å²) >= 11 is 1.64. The van der Waals surface area contributed by atoms with Crippen molar-refractivity contribution in [2.24, 2.45) is 0 Å². The number of thiophene rings is 1. The number of nitrogens with one attached hydrogen (secondary N) is 1. The van der Waals surface area contributed by atoms with E-state index in [4.69, 9.17) is 0 Å². The number of nitrogens with zero attached hydrogens (tertiary/aromatic N) is 2. The van der Waals surface area contributed by atoms with Gasteiger partial charge in [0.25, 0.3) is 5.91 Å². The van der Waals surface area contributed by atoms with Crippen LogP contribution in [0.1, 0.15) is 39.5 Å². The maximum atomic E-state index is 12.8. The molecule has 1 unspecified atom stereocenters. The van der Waals surface area contributed by atoms with E-state index in [0.29, 0.717) is 0 Å². The van der Waals surface area contributed by atoms with Gasteiger partial charge in [0.15, 0.2) is 0 Å². The van der Waals surface area contributed by atoms with Crippen LogP contribution < -0.4 is 5.32 Å². The molecule has 0 bridgehead atoms. The van der Waals surface area contributed by atoms with Crippen molar-refractivity contribution >= 4 is 17.2 Å². The molecule has 23 heavy (non-hydrogen) atoms. The molecule has 1 N–H and O–H groups in total. The van der Waals surface area contributed by atoms with Gasteiger partial charge < -0.3 is 9.88 Å². The standard InChI is InChI=1S/C18H19N3OS/c1-12-14(3)23-18(21-10-6-7-11-21)16(12)17(22)20-13(2)15-8-4-5-9-19-15/h4-11,13H,1-3H3,(H,20,22). The van der Waals surface area contributed by atoms with Gasteiger partial charge in [-0.05, 0) is 50.6 Å². The normalized spacial score (nSPS) is 12.1. The highest BCUT2D eigenvalue weighted by Gasteiger charge is 2.22. The van der Waals surface area contributed by atoms with E-state index >= 15 is 0 Å². The SMILES string of the molecule is Cc1sc(-n2cccc2)c(C(=O)NC(C)c2ccccn2)c1C. The number of hydrogen-bond acceptors (Lipinski definition) is 3. The molecule has 3 rings (SSSR count). The minimum absolute atomic E-state index is 0.0614. The molecule has 0 aliphatic carbocycles. The monoisotopic (exact) mass is 325 g/mol. The van der Waals surface area contributed by atoms with E-state index in [-0.39, 0.29) is 11.9 Å². The van der Waals surface area contributed by atoms with E-state index in [1.54, 1.807) is 17.5 Å². The lowest BCUT2D eigenvalue weighted by atomic mass is 10.1. The fourth-order valence-corrected chi connectivity index (χ4v) is 3.62. The van der Waals surface area contributed by atoms with Crippen molar-refractivity contribution < 1.29 is 4.79 Å². The van der Waals surface area contributed by atoms with Crippen LogP contribution in [0.2, 0.25) is 0 Å². The Labute approximate surface area is 139 Å². The van der Waals surface area contributed by atoms with Crippen LogP contribution in [0.25, 0.3) is 5.00 Å². The van der Waals surface area contributed by atoms with E-state index < -0.39 is 0 Å². The molecule has 0 radical (unpaired) electrons. The Kier molecular flexibility index (Phi) is 4.30. The van der Waals surface area contributed by atoms with Crippen molar-refractivity contribution in [2.45, 2.75) is 26.8 Å². The second-order valence-corrected chi connectivity index (χ2v) is 6.71. The fourth-order valence-electron chi connectivity index (χ4n) is 2.50. The maximum Gasteiger partial charge on any atom is 0.255 e. The highest BCUT2D eigenvalue weighted by Crippen LogP contribution is 2.31. The number of rotatable bonds is 4. The number of amides is 1. The van der Waals surface area contributed by atoms with Crippen molar-refractivity contribution in [3.05, 3.63) is 70.6 Å². The van der Waals surface area contributed by atoms with Crippen molar-refractivity contribution in [2.75, 3.05) is 0 Å². The first kappa shape index (κ1) is 15.5. The largest absolute Gasteiger partial charge is 0.344 e. The van der Waals surface area contributed by atoms with Crippen LogP contribution in [0.5, 0.6) is 0 Å². The quantitative estimate of drug-likeness (QED) is 0.787. The van der Waals surface area contributed by atoms with Crippen molar-refractivity contribution in [1.82, 2.24) is 14.9 Å². The highest BCUT2D eigenvalue weighted by atomic mass is 32.1. The van der Waals surface area contributed by atoms with E-state index in [2.05, 4.69) is 10.3 Å². The molecule has 3 heterocycles. The Morgan fingerprint density at radius 2 is 1.96 bits per heavy atom. The summed E-state index contributed by atoms with van der Waals surface area (Å²) in [6, 6.07) is 9.50. The number of carbonyl (C=O) groups excluding carboxylic acids is 1. The predicted molar refractivity (Wildman–Crippen MR) is 93.2 cm³/mol. The summed E-state index contributed by atoms with van der Waals surface area (Å²) in [7, 11) is 0. The number of carbonyl (C=O) groups is 1. The fraction of sp³-hybridized carbons (Fsp3) is 0.222. The molecule has 5 heteroatoms. The second kappa shape index (κ2) is 6.38. The lowest BCUT2D eigenvalue weighted by Crippen LogP contribution is -2.28. The van der Waals surface area contributed by atoms with Crippen molar-refractivity contribution in [3.63, 3.8) is 0 Å². The zero-order valence-corrected chi connectivity index (χ0v) is 14.2. The Bertz CT molecular complexity index is 806. The molecule has 0 saturated heterocycles. The molecular formula is C18H19N3OS. The van der Waals surface area contributed by atoms with E-state index in [1.165, 1.54) is 0 Å². The summed E-state index contributed by atoms with van der Waals surface area (Å²) in [5, 5.41) is 4.02. The third-order valence-electron chi connectivity index (χ3n) is 3.91. The summed E-state index contributed by atoms with van der Waals surface area (Å²) < 4.78 is 1.99. The van der Waals surface area contributed by atoms with E-state index in [9.17, 15) is 4.79 Å². The summed E-state index contributed by atoms with van der Waals surface area (Å²) in [5.74, 6) is -0.0614. The number of aryl methyl sites for hydroxylation is 1. The van der Waals surface area contributed by atoms with Crippen LogP contribution >= 0.6 is 11.3 Å². The van der Waals surface area contributed by atoms with Gasteiger partial charge in [-0.25, -0.2) is 0 Å². The predicted octanol–water partition coefficient (Wildman–Crippen LogP) is 4.04. The Morgan fingerprint density at radius 3 is 2.61 bits per heavy atom. The van der Waals surface area contributed by atoms with Gasteiger partial charge in [-0.15, -0.1) is 11.3 Å². The first-order valence-electron chi connectivity index (χ1n) is 7.53. The van der Waals surface area contributed by atoms with Crippen LogP contribution in [-0.4, -0.2) is 15.5 Å². The molecule has 118 valence electrons. The zero-order chi connectivity index (χ0) is 16.4.